The number of rotatable bonds is 4. The van der Waals surface area contributed by atoms with Crippen molar-refractivity contribution in [2.24, 2.45) is 5.92 Å². The Bertz CT molecular complexity index is 247. The van der Waals surface area contributed by atoms with Gasteiger partial charge in [-0.05, 0) is 19.8 Å². The van der Waals surface area contributed by atoms with Crippen LogP contribution in [-0.2, 0) is 14.3 Å². The summed E-state index contributed by atoms with van der Waals surface area (Å²) in [6.45, 7) is 7.70. The minimum Gasteiger partial charge on any atom is -0.462 e. The summed E-state index contributed by atoms with van der Waals surface area (Å²) >= 11 is 0. The van der Waals surface area contributed by atoms with E-state index in [0.717, 1.165) is 24.8 Å². The molecule has 1 aliphatic heterocycles. The largest absolute Gasteiger partial charge is 0.462 e. The van der Waals surface area contributed by atoms with E-state index < -0.39 is 0 Å². The van der Waals surface area contributed by atoms with E-state index in [9.17, 15) is 4.79 Å². The van der Waals surface area contributed by atoms with Gasteiger partial charge in [0.2, 0.25) is 0 Å². The van der Waals surface area contributed by atoms with Crippen LogP contribution in [0.5, 0.6) is 0 Å². The summed E-state index contributed by atoms with van der Waals surface area (Å²) in [6.07, 6.45) is 2.56. The zero-order valence-corrected chi connectivity index (χ0v) is 9.79. The van der Waals surface area contributed by atoms with Gasteiger partial charge in [-0.15, -0.1) is 0 Å². The molecular formula is C12H20O3. The third-order valence-corrected chi connectivity index (χ3v) is 2.92. The maximum atomic E-state index is 11.4. The van der Waals surface area contributed by atoms with E-state index in [4.69, 9.17) is 9.47 Å². The molecule has 0 aromatic heterocycles. The summed E-state index contributed by atoms with van der Waals surface area (Å²) in [4.78, 5) is 11.4. The van der Waals surface area contributed by atoms with Crippen molar-refractivity contribution < 1.29 is 14.3 Å². The number of hydrogen-bond acceptors (Lipinski definition) is 3. The SMILES string of the molecule is C=C(C)[C@H](C[C@@H]1CC[C@@H](C)C(=O)O1)OC. The van der Waals surface area contributed by atoms with E-state index in [1.54, 1.807) is 7.11 Å². The highest BCUT2D eigenvalue weighted by atomic mass is 16.5. The molecule has 0 aliphatic carbocycles. The molecule has 3 heteroatoms. The number of ether oxygens (including phenoxy) is 2. The second-order valence-corrected chi connectivity index (χ2v) is 4.34. The monoisotopic (exact) mass is 212 g/mol. The normalized spacial score (nSPS) is 28.3. The predicted molar refractivity (Wildman–Crippen MR) is 58.5 cm³/mol. The summed E-state index contributed by atoms with van der Waals surface area (Å²) in [5, 5.41) is 0. The van der Waals surface area contributed by atoms with Crippen LogP contribution in [0, 0.1) is 5.92 Å². The third-order valence-electron chi connectivity index (χ3n) is 2.92. The fourth-order valence-electron chi connectivity index (χ4n) is 1.80. The number of esters is 1. The minimum absolute atomic E-state index is 0.00351. The van der Waals surface area contributed by atoms with Crippen molar-refractivity contribution >= 4 is 5.97 Å². The van der Waals surface area contributed by atoms with Gasteiger partial charge in [0.05, 0.1) is 12.0 Å². The van der Waals surface area contributed by atoms with Gasteiger partial charge in [-0.1, -0.05) is 19.1 Å². The lowest BCUT2D eigenvalue weighted by Crippen LogP contribution is -2.32. The Kier molecular flexibility index (Phi) is 4.33. The Hall–Kier alpha value is -0.830. The van der Waals surface area contributed by atoms with Crippen molar-refractivity contribution in [1.82, 2.24) is 0 Å². The molecule has 0 unspecified atom stereocenters. The first-order valence-electron chi connectivity index (χ1n) is 5.43. The zero-order valence-electron chi connectivity index (χ0n) is 9.79. The number of hydrogen-bond donors (Lipinski definition) is 0. The minimum atomic E-state index is -0.0807. The highest BCUT2D eigenvalue weighted by Crippen LogP contribution is 2.24. The Balaban J connectivity index is 2.45. The molecule has 15 heavy (non-hydrogen) atoms. The highest BCUT2D eigenvalue weighted by Gasteiger charge is 2.28. The van der Waals surface area contributed by atoms with Crippen LogP contribution in [-0.4, -0.2) is 25.3 Å². The van der Waals surface area contributed by atoms with Crippen molar-refractivity contribution in [3.63, 3.8) is 0 Å². The smallest absolute Gasteiger partial charge is 0.308 e. The van der Waals surface area contributed by atoms with Gasteiger partial charge in [0.15, 0.2) is 0 Å². The Morgan fingerprint density at radius 3 is 2.80 bits per heavy atom. The average molecular weight is 212 g/mol. The van der Waals surface area contributed by atoms with Crippen LogP contribution in [0.15, 0.2) is 12.2 Å². The van der Waals surface area contributed by atoms with E-state index >= 15 is 0 Å². The zero-order chi connectivity index (χ0) is 11.4. The van der Waals surface area contributed by atoms with E-state index in [-0.39, 0.29) is 24.1 Å². The molecule has 3 nitrogen and oxygen atoms in total. The number of methoxy groups -OCH3 is 1. The van der Waals surface area contributed by atoms with Gasteiger partial charge in [-0.2, -0.15) is 0 Å². The summed E-state index contributed by atoms with van der Waals surface area (Å²) in [5.41, 5.74) is 0.979. The van der Waals surface area contributed by atoms with E-state index in [0.29, 0.717) is 0 Å². The van der Waals surface area contributed by atoms with Crippen molar-refractivity contribution in [3.05, 3.63) is 12.2 Å². The van der Waals surface area contributed by atoms with Crippen molar-refractivity contribution in [2.45, 2.75) is 45.3 Å². The first-order chi connectivity index (χ1) is 7.04. The van der Waals surface area contributed by atoms with Crippen LogP contribution in [0.4, 0.5) is 0 Å². The molecule has 1 saturated heterocycles. The molecule has 1 aliphatic rings. The van der Waals surface area contributed by atoms with Crippen LogP contribution in [0.1, 0.15) is 33.1 Å². The van der Waals surface area contributed by atoms with Gasteiger partial charge in [0, 0.05) is 13.5 Å². The van der Waals surface area contributed by atoms with Crippen molar-refractivity contribution in [2.75, 3.05) is 7.11 Å². The molecule has 1 rings (SSSR count). The number of carbonyl (C=O) groups is 1. The molecule has 0 aromatic carbocycles. The molecule has 0 spiro atoms. The van der Waals surface area contributed by atoms with Gasteiger partial charge >= 0.3 is 5.97 Å². The highest BCUT2D eigenvalue weighted by molar-refractivity contribution is 5.72. The summed E-state index contributed by atoms with van der Waals surface area (Å²) in [5.74, 6) is -0.0325. The van der Waals surface area contributed by atoms with E-state index in [1.165, 1.54) is 0 Å². The number of carbonyl (C=O) groups excluding carboxylic acids is 1. The van der Waals surface area contributed by atoms with Crippen molar-refractivity contribution in [1.29, 1.82) is 0 Å². The quantitative estimate of drug-likeness (QED) is 0.530. The third kappa shape index (κ3) is 3.34. The topological polar surface area (TPSA) is 35.5 Å². The molecule has 3 atom stereocenters. The van der Waals surface area contributed by atoms with Gasteiger partial charge in [0.1, 0.15) is 6.10 Å². The summed E-state index contributed by atoms with van der Waals surface area (Å²) in [6, 6.07) is 0. The van der Waals surface area contributed by atoms with Crippen LogP contribution in [0.3, 0.4) is 0 Å². The molecule has 0 saturated carbocycles. The van der Waals surface area contributed by atoms with Crippen LogP contribution in [0.25, 0.3) is 0 Å². The Morgan fingerprint density at radius 2 is 2.33 bits per heavy atom. The number of cyclic esters (lactones) is 1. The summed E-state index contributed by atoms with van der Waals surface area (Å²) < 4.78 is 10.6. The Labute approximate surface area is 91.4 Å². The van der Waals surface area contributed by atoms with Gasteiger partial charge in [-0.25, -0.2) is 0 Å². The van der Waals surface area contributed by atoms with Gasteiger partial charge < -0.3 is 9.47 Å². The van der Waals surface area contributed by atoms with E-state index in [1.807, 2.05) is 13.8 Å². The lowest BCUT2D eigenvalue weighted by Gasteiger charge is -2.28. The molecular weight excluding hydrogens is 192 g/mol. The lowest BCUT2D eigenvalue weighted by atomic mass is 9.95. The van der Waals surface area contributed by atoms with Crippen LogP contribution >= 0.6 is 0 Å². The first-order valence-corrected chi connectivity index (χ1v) is 5.43. The molecule has 0 radical (unpaired) electrons. The second kappa shape index (κ2) is 5.31. The van der Waals surface area contributed by atoms with Gasteiger partial charge in [-0.3, -0.25) is 4.79 Å². The average Bonchev–Trinajstić information content (AvgIpc) is 2.19. The lowest BCUT2D eigenvalue weighted by molar-refractivity contribution is -0.161. The van der Waals surface area contributed by atoms with E-state index in [2.05, 4.69) is 6.58 Å². The predicted octanol–water partition coefficient (Wildman–Crippen LogP) is 2.31. The molecule has 0 aromatic rings. The standard InChI is InChI=1S/C12H20O3/c1-8(2)11(14-4)7-10-6-5-9(3)12(13)15-10/h9-11H,1,5-7H2,2-4H3/t9-,10+,11+/m1/s1. The fraction of sp³-hybridized carbons (Fsp3) is 0.750. The Morgan fingerprint density at radius 1 is 1.67 bits per heavy atom. The summed E-state index contributed by atoms with van der Waals surface area (Å²) in [7, 11) is 1.66. The molecule has 0 amide bonds. The molecule has 1 heterocycles. The van der Waals surface area contributed by atoms with Crippen LogP contribution < -0.4 is 0 Å². The first kappa shape index (κ1) is 12.2. The van der Waals surface area contributed by atoms with Crippen molar-refractivity contribution in [3.8, 4) is 0 Å². The molecule has 0 N–H and O–H groups in total. The van der Waals surface area contributed by atoms with Gasteiger partial charge in [0.25, 0.3) is 0 Å². The van der Waals surface area contributed by atoms with Crippen LogP contribution in [0.2, 0.25) is 0 Å². The fourth-order valence-corrected chi connectivity index (χ4v) is 1.80. The molecule has 86 valence electrons. The maximum absolute atomic E-state index is 11.4. The second-order valence-electron chi connectivity index (χ2n) is 4.34. The molecule has 1 fully saturated rings. The molecule has 0 bridgehead atoms. The maximum Gasteiger partial charge on any atom is 0.308 e.